The molecule has 0 saturated heterocycles. The number of benzene rings is 3. The molecule has 2 heterocycles. The summed E-state index contributed by atoms with van der Waals surface area (Å²) >= 11 is 15.9. The van der Waals surface area contributed by atoms with E-state index in [2.05, 4.69) is 26.0 Å². The molecule has 0 atom stereocenters. The third-order valence-corrected chi connectivity index (χ3v) is 6.05. The van der Waals surface area contributed by atoms with Crippen LogP contribution in [0, 0.1) is 0 Å². The Morgan fingerprint density at radius 2 is 1.85 bits per heavy atom. The van der Waals surface area contributed by atoms with Crippen molar-refractivity contribution in [1.82, 2.24) is 9.66 Å². The lowest BCUT2D eigenvalue weighted by Crippen LogP contribution is -2.20. The molecule has 5 aromatic rings. The summed E-state index contributed by atoms with van der Waals surface area (Å²) in [6.45, 7) is 0. The van der Waals surface area contributed by atoms with E-state index in [1.54, 1.807) is 30.3 Å². The summed E-state index contributed by atoms with van der Waals surface area (Å²) < 4.78 is 13.3. The maximum atomic E-state index is 13.3. The minimum Gasteiger partial charge on any atom is -0.494 e. The zero-order valence-electron chi connectivity index (χ0n) is 17.1. The third-order valence-electron chi connectivity index (χ3n) is 5.00. The van der Waals surface area contributed by atoms with Crippen LogP contribution in [-0.4, -0.2) is 23.0 Å². The number of fused-ring (bicyclic) bond motifs is 2. The first-order valence-corrected chi connectivity index (χ1v) is 11.3. The van der Waals surface area contributed by atoms with Crippen LogP contribution < -0.4 is 10.3 Å². The van der Waals surface area contributed by atoms with Crippen LogP contribution in [0.2, 0.25) is 10.0 Å². The largest absolute Gasteiger partial charge is 0.494 e. The van der Waals surface area contributed by atoms with Gasteiger partial charge in [-0.2, -0.15) is 9.78 Å². The van der Waals surface area contributed by atoms with Crippen molar-refractivity contribution in [2.24, 2.45) is 5.10 Å². The topological polar surface area (TPSA) is 69.6 Å². The molecule has 0 bridgehead atoms. The molecule has 0 saturated carbocycles. The fraction of sp³-hybridized carbons (Fsp3) is 0.0417. The Morgan fingerprint density at radius 1 is 1.09 bits per heavy atom. The molecule has 0 unspecified atom stereocenters. The predicted octanol–water partition coefficient (Wildman–Crippen LogP) is 6.77. The Morgan fingerprint density at radius 3 is 2.61 bits per heavy atom. The number of halogens is 3. The summed E-state index contributed by atoms with van der Waals surface area (Å²) in [4.78, 5) is 18.0. The van der Waals surface area contributed by atoms with Crippen LogP contribution in [0.4, 0.5) is 0 Å². The fourth-order valence-electron chi connectivity index (χ4n) is 3.49. The summed E-state index contributed by atoms with van der Waals surface area (Å²) in [5.74, 6) is 1.05. The summed E-state index contributed by atoms with van der Waals surface area (Å²) in [6.07, 6.45) is 1.48. The minimum absolute atomic E-state index is 0.271. The van der Waals surface area contributed by atoms with E-state index in [0.717, 1.165) is 9.86 Å². The van der Waals surface area contributed by atoms with E-state index >= 15 is 0 Å². The van der Waals surface area contributed by atoms with Gasteiger partial charge in [-0.3, -0.25) is 4.79 Å². The lowest BCUT2D eigenvalue weighted by atomic mass is 10.2. The summed E-state index contributed by atoms with van der Waals surface area (Å²) in [5.41, 5.74) is 1.46. The number of hydrogen-bond donors (Lipinski definition) is 0. The first-order valence-electron chi connectivity index (χ1n) is 9.73. The molecule has 5 rings (SSSR count). The van der Waals surface area contributed by atoms with E-state index in [-0.39, 0.29) is 11.4 Å². The number of nitrogens with zero attached hydrogens (tertiary/aromatic N) is 3. The smallest absolute Gasteiger partial charge is 0.282 e. The second kappa shape index (κ2) is 8.67. The van der Waals surface area contributed by atoms with Crippen LogP contribution in [0.25, 0.3) is 33.5 Å². The molecule has 0 spiro atoms. The highest BCUT2D eigenvalue weighted by Crippen LogP contribution is 2.33. The quantitative estimate of drug-likeness (QED) is 0.235. The Hall–Kier alpha value is -3.13. The highest BCUT2D eigenvalue weighted by molar-refractivity contribution is 9.10. The highest BCUT2D eigenvalue weighted by Gasteiger charge is 2.17. The molecule has 9 heteroatoms. The molecule has 0 radical (unpaired) electrons. The molecule has 6 nitrogen and oxygen atoms in total. The lowest BCUT2D eigenvalue weighted by Gasteiger charge is -2.08. The third kappa shape index (κ3) is 4.04. The zero-order valence-corrected chi connectivity index (χ0v) is 20.1. The SMILES string of the molecule is COc1c(Cl)cc(C=Nn2c(-c3cc4cc(Br)ccc4o3)nc3ccccc3c2=O)cc1Cl. The van der Waals surface area contributed by atoms with Gasteiger partial charge >= 0.3 is 0 Å². The standard InChI is InChI=1S/C24H14BrCl2N3O3/c1-32-22-17(26)8-13(9-18(22)27)12-28-30-23(29-19-5-3-2-4-16(19)24(30)31)21-11-14-10-15(25)6-7-20(14)33-21/h2-12H,1H3. The van der Waals surface area contributed by atoms with Crippen molar-refractivity contribution >= 4 is 67.2 Å². The van der Waals surface area contributed by atoms with Gasteiger partial charge in [0.05, 0.1) is 34.3 Å². The van der Waals surface area contributed by atoms with Gasteiger partial charge in [-0.15, -0.1) is 0 Å². The van der Waals surface area contributed by atoms with Crippen LogP contribution in [-0.2, 0) is 0 Å². The predicted molar refractivity (Wildman–Crippen MR) is 135 cm³/mol. The summed E-state index contributed by atoms with van der Waals surface area (Å²) in [6, 6.07) is 17.8. The Bertz CT molecular complexity index is 1600. The van der Waals surface area contributed by atoms with Crippen molar-refractivity contribution in [2.75, 3.05) is 7.11 Å². The molecule has 0 aliphatic heterocycles. The van der Waals surface area contributed by atoms with Gasteiger partial charge in [-0.05, 0) is 54.1 Å². The van der Waals surface area contributed by atoms with Crippen molar-refractivity contribution in [3.8, 4) is 17.3 Å². The van der Waals surface area contributed by atoms with Crippen LogP contribution in [0.3, 0.4) is 0 Å². The summed E-state index contributed by atoms with van der Waals surface area (Å²) in [5, 5.41) is 6.38. The maximum absolute atomic E-state index is 13.3. The average Bonchev–Trinajstić information content (AvgIpc) is 3.21. The van der Waals surface area contributed by atoms with E-state index in [9.17, 15) is 4.79 Å². The van der Waals surface area contributed by atoms with E-state index in [0.29, 0.717) is 43.6 Å². The number of furan rings is 1. The average molecular weight is 543 g/mol. The Labute approximate surface area is 206 Å². The number of hydrogen-bond acceptors (Lipinski definition) is 5. The van der Waals surface area contributed by atoms with Crippen molar-refractivity contribution in [3.63, 3.8) is 0 Å². The molecule has 3 aromatic carbocycles. The fourth-order valence-corrected chi connectivity index (χ4v) is 4.53. The van der Waals surface area contributed by atoms with Crippen LogP contribution in [0.15, 0.2) is 79.4 Å². The maximum Gasteiger partial charge on any atom is 0.282 e. The van der Waals surface area contributed by atoms with E-state index in [4.69, 9.17) is 32.4 Å². The first-order chi connectivity index (χ1) is 15.9. The van der Waals surface area contributed by atoms with Gasteiger partial charge in [0.2, 0.25) is 5.82 Å². The summed E-state index contributed by atoms with van der Waals surface area (Å²) in [7, 11) is 1.49. The monoisotopic (exact) mass is 541 g/mol. The first kappa shape index (κ1) is 21.7. The van der Waals surface area contributed by atoms with Crippen LogP contribution >= 0.6 is 39.1 Å². The van der Waals surface area contributed by atoms with E-state index in [1.165, 1.54) is 18.0 Å². The number of para-hydroxylation sites is 1. The zero-order chi connectivity index (χ0) is 23.1. The molecular formula is C24H14BrCl2N3O3. The number of aromatic nitrogens is 2. The molecule has 0 aliphatic rings. The van der Waals surface area contributed by atoms with Crippen LogP contribution in [0.1, 0.15) is 5.56 Å². The second-order valence-corrected chi connectivity index (χ2v) is 8.85. The van der Waals surface area contributed by atoms with Crippen molar-refractivity contribution in [2.45, 2.75) is 0 Å². The van der Waals surface area contributed by atoms with Crippen LogP contribution in [0.5, 0.6) is 5.75 Å². The van der Waals surface area contributed by atoms with Gasteiger partial charge in [-0.1, -0.05) is 51.3 Å². The second-order valence-electron chi connectivity index (χ2n) is 7.12. The highest BCUT2D eigenvalue weighted by atomic mass is 79.9. The van der Waals surface area contributed by atoms with Crippen molar-refractivity contribution in [3.05, 3.63) is 91.1 Å². The minimum atomic E-state index is -0.334. The molecule has 0 amide bonds. The number of rotatable bonds is 4. The molecule has 33 heavy (non-hydrogen) atoms. The molecule has 0 aliphatic carbocycles. The van der Waals surface area contributed by atoms with Gasteiger partial charge in [0.15, 0.2) is 11.5 Å². The van der Waals surface area contributed by atoms with Gasteiger partial charge in [-0.25, -0.2) is 4.98 Å². The van der Waals surface area contributed by atoms with Crippen molar-refractivity contribution in [1.29, 1.82) is 0 Å². The van der Waals surface area contributed by atoms with E-state index < -0.39 is 0 Å². The normalized spacial score (nSPS) is 11.6. The number of methoxy groups -OCH3 is 1. The van der Waals surface area contributed by atoms with Gasteiger partial charge in [0.1, 0.15) is 5.58 Å². The van der Waals surface area contributed by atoms with E-state index in [1.807, 2.05) is 30.3 Å². The lowest BCUT2D eigenvalue weighted by molar-refractivity contribution is 0.415. The molecular weight excluding hydrogens is 529 g/mol. The molecule has 164 valence electrons. The molecule has 0 N–H and O–H groups in total. The number of ether oxygens (including phenoxy) is 1. The Balaban J connectivity index is 1.71. The molecule has 0 fully saturated rings. The van der Waals surface area contributed by atoms with Gasteiger partial charge in [0.25, 0.3) is 5.56 Å². The van der Waals surface area contributed by atoms with Gasteiger partial charge < -0.3 is 9.15 Å². The van der Waals surface area contributed by atoms with Crippen molar-refractivity contribution < 1.29 is 9.15 Å². The Kier molecular flexibility index (Phi) is 5.70. The molecule has 2 aromatic heterocycles. The van der Waals surface area contributed by atoms with Gasteiger partial charge in [0, 0.05) is 9.86 Å².